The van der Waals surface area contributed by atoms with Gasteiger partial charge in [0, 0.05) is 11.0 Å². The van der Waals surface area contributed by atoms with E-state index in [1.807, 2.05) is 48.5 Å². The van der Waals surface area contributed by atoms with Gasteiger partial charge in [-0.25, -0.2) is 0 Å². The number of alkyl halides is 3. The van der Waals surface area contributed by atoms with Gasteiger partial charge in [0.2, 0.25) is 0 Å². The number of piperidine rings is 1. The van der Waals surface area contributed by atoms with Crippen LogP contribution in [0.4, 0.5) is 13.2 Å². The van der Waals surface area contributed by atoms with E-state index in [1.54, 1.807) is 0 Å². The summed E-state index contributed by atoms with van der Waals surface area (Å²) in [7, 11) is 0. The van der Waals surface area contributed by atoms with Crippen molar-refractivity contribution in [2.75, 3.05) is 13.1 Å². The fraction of sp³-hybridized carbons (Fsp3) is 0.400. The van der Waals surface area contributed by atoms with E-state index >= 15 is 0 Å². The third-order valence-electron chi connectivity index (χ3n) is 4.72. The molecule has 0 unspecified atom stereocenters. The summed E-state index contributed by atoms with van der Waals surface area (Å²) in [5, 5.41) is 0. The summed E-state index contributed by atoms with van der Waals surface area (Å²) in [5.41, 5.74) is 2.16. The number of ether oxygens (including phenoxy) is 1. The predicted octanol–water partition coefficient (Wildman–Crippen LogP) is 5.80. The highest BCUT2D eigenvalue weighted by Gasteiger charge is 2.40. The van der Waals surface area contributed by atoms with Crippen LogP contribution in [0, 0.1) is 5.92 Å². The van der Waals surface area contributed by atoms with E-state index < -0.39 is 12.1 Å². The number of hydrogen-bond donors (Lipinski definition) is 0. The molecule has 1 fully saturated rings. The van der Waals surface area contributed by atoms with Crippen molar-refractivity contribution in [3.63, 3.8) is 0 Å². The molecule has 0 atom stereocenters. The summed E-state index contributed by atoms with van der Waals surface area (Å²) in [4.78, 5) is 2.08. The lowest BCUT2D eigenvalue weighted by atomic mass is 9.96. The summed E-state index contributed by atoms with van der Waals surface area (Å²) in [6.07, 6.45) is -3.71. The molecule has 0 aromatic heterocycles. The Balaban J connectivity index is 1.53. The SMILES string of the molecule is FC(F)(F)C1CCN(Cc2ccc(OCc3ccccc3)cc2Br)CC1. The van der Waals surface area contributed by atoms with E-state index in [0.29, 0.717) is 26.2 Å². The van der Waals surface area contributed by atoms with Gasteiger partial charge in [0.05, 0.1) is 5.92 Å². The Bertz CT molecular complexity index is 713. The van der Waals surface area contributed by atoms with Crippen molar-refractivity contribution in [2.24, 2.45) is 5.92 Å². The molecule has 0 aliphatic carbocycles. The first kappa shape index (κ1) is 19.2. The summed E-state index contributed by atoms with van der Waals surface area (Å²) in [6.45, 7) is 2.09. The Hall–Kier alpha value is -1.53. The molecule has 26 heavy (non-hydrogen) atoms. The summed E-state index contributed by atoms with van der Waals surface area (Å²) >= 11 is 3.56. The molecule has 1 heterocycles. The molecule has 0 spiro atoms. The van der Waals surface area contributed by atoms with Gasteiger partial charge in [0.25, 0.3) is 0 Å². The van der Waals surface area contributed by atoms with E-state index in [2.05, 4.69) is 20.8 Å². The predicted molar refractivity (Wildman–Crippen MR) is 99.0 cm³/mol. The normalized spacial score (nSPS) is 16.6. The van der Waals surface area contributed by atoms with Crippen molar-refractivity contribution < 1.29 is 17.9 Å². The average molecular weight is 428 g/mol. The molecule has 3 rings (SSSR count). The topological polar surface area (TPSA) is 12.5 Å². The van der Waals surface area contributed by atoms with E-state index in [1.165, 1.54) is 0 Å². The minimum absolute atomic E-state index is 0.180. The quantitative estimate of drug-likeness (QED) is 0.597. The molecule has 2 aromatic rings. The highest BCUT2D eigenvalue weighted by molar-refractivity contribution is 9.10. The molecular formula is C20H21BrF3NO. The minimum atomic E-state index is -4.07. The van der Waals surface area contributed by atoms with Crippen LogP contribution in [0.5, 0.6) is 5.75 Å². The van der Waals surface area contributed by atoms with Gasteiger partial charge in [-0.2, -0.15) is 13.2 Å². The van der Waals surface area contributed by atoms with E-state index in [9.17, 15) is 13.2 Å². The van der Waals surface area contributed by atoms with Gasteiger partial charge >= 0.3 is 6.18 Å². The third-order valence-corrected chi connectivity index (χ3v) is 5.46. The van der Waals surface area contributed by atoms with Crippen LogP contribution in [0.2, 0.25) is 0 Å². The van der Waals surface area contributed by atoms with Crippen LogP contribution in [0.1, 0.15) is 24.0 Å². The molecule has 1 aliphatic heterocycles. The molecule has 1 saturated heterocycles. The first-order chi connectivity index (χ1) is 12.4. The van der Waals surface area contributed by atoms with E-state index in [-0.39, 0.29) is 12.8 Å². The molecule has 2 aromatic carbocycles. The third kappa shape index (κ3) is 5.24. The van der Waals surface area contributed by atoms with Gasteiger partial charge in [-0.3, -0.25) is 4.90 Å². The minimum Gasteiger partial charge on any atom is -0.489 e. The van der Waals surface area contributed by atoms with Gasteiger partial charge in [-0.1, -0.05) is 52.3 Å². The molecule has 140 valence electrons. The maximum atomic E-state index is 12.8. The largest absolute Gasteiger partial charge is 0.489 e. The molecule has 0 amide bonds. The number of likely N-dealkylation sites (tertiary alicyclic amines) is 1. The monoisotopic (exact) mass is 427 g/mol. The van der Waals surface area contributed by atoms with Crippen molar-refractivity contribution in [1.29, 1.82) is 0 Å². The van der Waals surface area contributed by atoms with Gasteiger partial charge in [-0.15, -0.1) is 0 Å². The summed E-state index contributed by atoms with van der Waals surface area (Å²) in [6, 6.07) is 15.7. The second kappa shape index (κ2) is 8.44. The maximum Gasteiger partial charge on any atom is 0.391 e. The molecule has 2 nitrogen and oxygen atoms in total. The first-order valence-electron chi connectivity index (χ1n) is 8.66. The first-order valence-corrected chi connectivity index (χ1v) is 9.45. The number of nitrogens with zero attached hydrogens (tertiary/aromatic N) is 1. The molecule has 0 bridgehead atoms. The van der Waals surface area contributed by atoms with Gasteiger partial charge in [-0.05, 0) is 49.2 Å². The fourth-order valence-electron chi connectivity index (χ4n) is 3.15. The Morgan fingerprint density at radius 1 is 1.04 bits per heavy atom. The highest BCUT2D eigenvalue weighted by Crippen LogP contribution is 2.35. The number of hydrogen-bond acceptors (Lipinski definition) is 2. The number of benzene rings is 2. The second-order valence-electron chi connectivity index (χ2n) is 6.62. The van der Waals surface area contributed by atoms with Crippen molar-refractivity contribution in [3.05, 3.63) is 64.1 Å². The highest BCUT2D eigenvalue weighted by atomic mass is 79.9. The van der Waals surface area contributed by atoms with Crippen molar-refractivity contribution in [1.82, 2.24) is 4.90 Å². The molecule has 0 saturated carbocycles. The zero-order chi connectivity index (χ0) is 18.6. The van der Waals surface area contributed by atoms with Crippen LogP contribution < -0.4 is 4.74 Å². The number of rotatable bonds is 5. The Kier molecular flexibility index (Phi) is 6.24. The van der Waals surface area contributed by atoms with Crippen LogP contribution in [0.25, 0.3) is 0 Å². The van der Waals surface area contributed by atoms with Gasteiger partial charge < -0.3 is 4.74 Å². The van der Waals surface area contributed by atoms with Crippen LogP contribution in [-0.4, -0.2) is 24.2 Å². The standard InChI is InChI=1S/C20H21BrF3NO/c21-19-12-18(26-14-15-4-2-1-3-5-15)7-6-16(19)13-25-10-8-17(9-11-25)20(22,23)24/h1-7,12,17H,8-11,13-14H2. The van der Waals surface area contributed by atoms with Crippen LogP contribution >= 0.6 is 15.9 Å². The van der Waals surface area contributed by atoms with Crippen LogP contribution in [0.15, 0.2) is 53.0 Å². The average Bonchev–Trinajstić information content (AvgIpc) is 2.62. The summed E-state index contributed by atoms with van der Waals surface area (Å²) in [5.74, 6) is -0.392. The molecule has 0 radical (unpaired) electrons. The second-order valence-corrected chi connectivity index (χ2v) is 7.47. The fourth-order valence-corrected chi connectivity index (χ4v) is 3.63. The Morgan fingerprint density at radius 2 is 1.73 bits per heavy atom. The van der Waals surface area contributed by atoms with E-state index in [0.717, 1.165) is 21.3 Å². The molecule has 6 heteroatoms. The van der Waals surface area contributed by atoms with Gasteiger partial charge in [0.15, 0.2) is 0 Å². The van der Waals surface area contributed by atoms with Crippen molar-refractivity contribution in [3.8, 4) is 5.75 Å². The number of halogens is 4. The zero-order valence-corrected chi connectivity index (χ0v) is 15.9. The lowest BCUT2D eigenvalue weighted by molar-refractivity contribution is -0.185. The molecular weight excluding hydrogens is 407 g/mol. The van der Waals surface area contributed by atoms with Gasteiger partial charge in [0.1, 0.15) is 12.4 Å². The maximum absolute atomic E-state index is 12.8. The smallest absolute Gasteiger partial charge is 0.391 e. The molecule has 0 N–H and O–H groups in total. The van der Waals surface area contributed by atoms with Crippen LogP contribution in [-0.2, 0) is 13.2 Å². The molecule has 1 aliphatic rings. The van der Waals surface area contributed by atoms with E-state index in [4.69, 9.17) is 4.74 Å². The lowest BCUT2D eigenvalue weighted by Gasteiger charge is -2.33. The van der Waals surface area contributed by atoms with Crippen molar-refractivity contribution in [2.45, 2.75) is 32.2 Å². The van der Waals surface area contributed by atoms with Crippen molar-refractivity contribution >= 4 is 15.9 Å². The summed E-state index contributed by atoms with van der Waals surface area (Å²) < 4.78 is 45.0. The lowest BCUT2D eigenvalue weighted by Crippen LogP contribution is -2.38. The van der Waals surface area contributed by atoms with Crippen LogP contribution in [0.3, 0.4) is 0 Å². The Labute approximate surface area is 160 Å². The Morgan fingerprint density at radius 3 is 2.35 bits per heavy atom. The zero-order valence-electron chi connectivity index (χ0n) is 14.3.